The highest BCUT2D eigenvalue weighted by molar-refractivity contribution is 9.10. The number of anilines is 1. The fourth-order valence-electron chi connectivity index (χ4n) is 3.64. The summed E-state index contributed by atoms with van der Waals surface area (Å²) < 4.78 is 33.5. The van der Waals surface area contributed by atoms with Crippen LogP contribution in [0.5, 0.6) is 0 Å². The van der Waals surface area contributed by atoms with Gasteiger partial charge in [0.15, 0.2) is 0 Å². The first-order valence-corrected chi connectivity index (χ1v) is 12.1. The molecule has 0 radical (unpaired) electrons. The minimum atomic E-state index is -3.82. The maximum absolute atomic E-state index is 13.3. The fraction of sp³-hybridized carbons (Fsp3) is 0.318. The Morgan fingerprint density at radius 3 is 2.48 bits per heavy atom. The van der Waals surface area contributed by atoms with E-state index in [9.17, 15) is 8.42 Å². The van der Waals surface area contributed by atoms with Gasteiger partial charge in [-0.2, -0.15) is 4.98 Å². The molecule has 152 valence electrons. The molecular weight excluding hydrogens is 452 g/mol. The van der Waals surface area contributed by atoms with Crippen LogP contribution < -0.4 is 5.32 Å². The van der Waals surface area contributed by atoms with Crippen LogP contribution in [0.4, 0.5) is 5.88 Å². The minimum absolute atomic E-state index is 0.0538. The van der Waals surface area contributed by atoms with Crippen molar-refractivity contribution < 1.29 is 12.8 Å². The molecule has 0 aliphatic heterocycles. The Bertz CT molecular complexity index is 1100. The van der Waals surface area contributed by atoms with E-state index in [0.29, 0.717) is 5.89 Å². The van der Waals surface area contributed by atoms with Crippen LogP contribution >= 0.6 is 15.9 Å². The van der Waals surface area contributed by atoms with Crippen LogP contribution in [0.1, 0.15) is 37.7 Å². The van der Waals surface area contributed by atoms with Crippen molar-refractivity contribution in [2.45, 2.75) is 55.0 Å². The second-order valence-corrected chi connectivity index (χ2v) is 10.2. The lowest BCUT2D eigenvalue weighted by Crippen LogP contribution is -2.23. The van der Waals surface area contributed by atoms with Crippen LogP contribution in [0.25, 0.3) is 11.5 Å². The van der Waals surface area contributed by atoms with Gasteiger partial charge in [0.2, 0.25) is 26.6 Å². The minimum Gasteiger partial charge on any atom is -0.419 e. The summed E-state index contributed by atoms with van der Waals surface area (Å²) in [5.41, 5.74) is 1.81. The van der Waals surface area contributed by atoms with E-state index in [1.165, 1.54) is 6.42 Å². The topological polar surface area (TPSA) is 72.2 Å². The Labute approximate surface area is 179 Å². The van der Waals surface area contributed by atoms with E-state index >= 15 is 0 Å². The van der Waals surface area contributed by atoms with Gasteiger partial charge in [-0.05, 0) is 56.2 Å². The molecule has 1 heterocycles. The number of halogens is 1. The number of sulfone groups is 1. The molecule has 0 amide bonds. The zero-order valence-corrected chi connectivity index (χ0v) is 18.6. The van der Waals surface area contributed by atoms with Crippen molar-refractivity contribution in [1.82, 2.24) is 4.98 Å². The van der Waals surface area contributed by atoms with Crippen LogP contribution in [0.15, 0.2) is 67.3 Å². The SMILES string of the molecule is Cc1cccc(-c2nc(S(=O)(=O)c3ccc(Br)cc3)c(NC3CCCCC3)o2)c1. The van der Waals surface area contributed by atoms with Crippen LogP contribution in [0.3, 0.4) is 0 Å². The van der Waals surface area contributed by atoms with E-state index in [4.69, 9.17) is 4.42 Å². The van der Waals surface area contributed by atoms with Gasteiger partial charge >= 0.3 is 0 Å². The number of aromatic nitrogens is 1. The lowest BCUT2D eigenvalue weighted by atomic mass is 9.96. The number of aryl methyl sites for hydroxylation is 1. The summed E-state index contributed by atoms with van der Waals surface area (Å²) >= 11 is 3.35. The Morgan fingerprint density at radius 2 is 1.79 bits per heavy atom. The number of benzene rings is 2. The molecular formula is C22H23BrN2O3S. The van der Waals surface area contributed by atoms with Crippen molar-refractivity contribution in [3.63, 3.8) is 0 Å². The highest BCUT2D eigenvalue weighted by Crippen LogP contribution is 2.34. The summed E-state index contributed by atoms with van der Waals surface area (Å²) in [6.45, 7) is 1.98. The molecule has 29 heavy (non-hydrogen) atoms. The fourth-order valence-corrected chi connectivity index (χ4v) is 5.17. The van der Waals surface area contributed by atoms with Gasteiger partial charge in [-0.1, -0.05) is 52.9 Å². The Kier molecular flexibility index (Phi) is 5.79. The lowest BCUT2D eigenvalue weighted by molar-refractivity contribution is 0.450. The molecule has 7 heteroatoms. The van der Waals surface area contributed by atoms with Crippen molar-refractivity contribution in [1.29, 1.82) is 0 Å². The number of nitrogens with one attached hydrogen (secondary N) is 1. The zero-order chi connectivity index (χ0) is 20.4. The van der Waals surface area contributed by atoms with Crippen molar-refractivity contribution in [3.8, 4) is 11.5 Å². The molecule has 0 bridgehead atoms. The maximum Gasteiger partial charge on any atom is 0.234 e. The third-order valence-corrected chi connectivity index (χ3v) is 7.39. The smallest absolute Gasteiger partial charge is 0.234 e. The number of oxazole rings is 1. The van der Waals surface area contributed by atoms with Crippen LogP contribution in [-0.4, -0.2) is 19.4 Å². The van der Waals surface area contributed by atoms with Crippen molar-refractivity contribution in [2.24, 2.45) is 0 Å². The van der Waals surface area contributed by atoms with Crippen molar-refractivity contribution in [2.75, 3.05) is 5.32 Å². The van der Waals surface area contributed by atoms with E-state index in [0.717, 1.165) is 41.3 Å². The van der Waals surface area contributed by atoms with Crippen molar-refractivity contribution >= 4 is 31.7 Å². The van der Waals surface area contributed by atoms with Crippen LogP contribution in [-0.2, 0) is 9.84 Å². The second-order valence-electron chi connectivity index (χ2n) is 7.46. The molecule has 1 saturated carbocycles. The van der Waals surface area contributed by atoms with Gasteiger partial charge in [0, 0.05) is 16.1 Å². The molecule has 0 unspecified atom stereocenters. The number of hydrogen-bond acceptors (Lipinski definition) is 5. The molecule has 1 fully saturated rings. The predicted octanol–water partition coefficient (Wildman–Crippen LogP) is 5.99. The molecule has 0 atom stereocenters. The van der Waals surface area contributed by atoms with Crippen LogP contribution in [0, 0.1) is 6.92 Å². The summed E-state index contributed by atoms with van der Waals surface area (Å²) in [7, 11) is -3.82. The van der Waals surface area contributed by atoms with E-state index < -0.39 is 9.84 Å². The average molecular weight is 475 g/mol. The Morgan fingerprint density at radius 1 is 1.07 bits per heavy atom. The van der Waals surface area contributed by atoms with E-state index in [2.05, 4.69) is 26.2 Å². The van der Waals surface area contributed by atoms with Gasteiger partial charge in [-0.15, -0.1) is 0 Å². The molecule has 3 aromatic rings. The van der Waals surface area contributed by atoms with Gasteiger partial charge in [-0.3, -0.25) is 0 Å². The van der Waals surface area contributed by atoms with Crippen molar-refractivity contribution in [3.05, 3.63) is 58.6 Å². The summed E-state index contributed by atoms with van der Waals surface area (Å²) in [6.07, 6.45) is 5.47. The molecule has 2 aromatic carbocycles. The monoisotopic (exact) mass is 474 g/mol. The highest BCUT2D eigenvalue weighted by atomic mass is 79.9. The third-order valence-electron chi connectivity index (χ3n) is 5.18. The van der Waals surface area contributed by atoms with E-state index in [1.54, 1.807) is 24.3 Å². The molecule has 1 aliphatic rings. The molecule has 0 saturated heterocycles. The molecule has 1 N–H and O–H groups in total. The standard InChI is InChI=1S/C22H23BrN2O3S/c1-15-6-5-7-16(14-15)20-25-22(21(28-20)24-18-8-3-2-4-9-18)29(26,27)19-12-10-17(23)11-13-19/h5-7,10-14,18,24H,2-4,8-9H2,1H3. The van der Waals surface area contributed by atoms with Gasteiger partial charge in [0.25, 0.3) is 0 Å². The maximum atomic E-state index is 13.3. The highest BCUT2D eigenvalue weighted by Gasteiger charge is 2.30. The van der Waals surface area contributed by atoms with Gasteiger partial charge in [0.05, 0.1) is 4.90 Å². The largest absolute Gasteiger partial charge is 0.419 e. The number of nitrogens with zero attached hydrogens (tertiary/aromatic N) is 1. The Hall–Kier alpha value is -2.12. The summed E-state index contributed by atoms with van der Waals surface area (Å²) in [4.78, 5) is 4.62. The normalized spacial score (nSPS) is 15.4. The molecule has 1 aromatic heterocycles. The van der Waals surface area contributed by atoms with Gasteiger partial charge < -0.3 is 9.73 Å². The number of hydrogen-bond donors (Lipinski definition) is 1. The number of rotatable bonds is 5. The molecule has 5 nitrogen and oxygen atoms in total. The quantitative estimate of drug-likeness (QED) is 0.491. The first-order valence-electron chi connectivity index (χ1n) is 9.78. The Balaban J connectivity index is 1.78. The lowest BCUT2D eigenvalue weighted by Gasteiger charge is -2.22. The first kappa shape index (κ1) is 20.2. The zero-order valence-electron chi connectivity index (χ0n) is 16.2. The van der Waals surface area contributed by atoms with E-state index in [-0.39, 0.29) is 21.8 Å². The molecule has 4 rings (SSSR count). The first-order chi connectivity index (χ1) is 13.9. The van der Waals surface area contributed by atoms with Gasteiger partial charge in [-0.25, -0.2) is 8.42 Å². The molecule has 1 aliphatic carbocycles. The summed E-state index contributed by atoms with van der Waals surface area (Å²) in [5.74, 6) is 0.541. The summed E-state index contributed by atoms with van der Waals surface area (Å²) in [5, 5.41) is 3.27. The third kappa shape index (κ3) is 4.41. The second kappa shape index (κ2) is 8.32. The van der Waals surface area contributed by atoms with Gasteiger partial charge in [0.1, 0.15) is 0 Å². The average Bonchev–Trinajstić information content (AvgIpc) is 3.14. The molecule has 0 spiro atoms. The van der Waals surface area contributed by atoms with Crippen LogP contribution in [0.2, 0.25) is 0 Å². The summed E-state index contributed by atoms with van der Waals surface area (Å²) in [6, 6.07) is 14.5. The predicted molar refractivity (Wildman–Crippen MR) is 117 cm³/mol. The van der Waals surface area contributed by atoms with E-state index in [1.807, 2.05) is 31.2 Å².